The van der Waals surface area contributed by atoms with Crippen molar-refractivity contribution in [2.75, 3.05) is 27.2 Å². The number of rotatable bonds is 5. The fourth-order valence-electron chi connectivity index (χ4n) is 7.08. The van der Waals surface area contributed by atoms with Gasteiger partial charge in [-0.15, -0.1) is 0 Å². The van der Waals surface area contributed by atoms with Crippen LogP contribution in [-0.2, 0) is 32.1 Å². The van der Waals surface area contributed by atoms with E-state index in [1.165, 1.54) is 17.9 Å². The number of hydrogen-bond acceptors (Lipinski definition) is 10. The molecule has 2 fully saturated rings. The van der Waals surface area contributed by atoms with E-state index in [1.54, 1.807) is 14.1 Å². The van der Waals surface area contributed by atoms with E-state index >= 15 is 0 Å². The highest BCUT2D eigenvalue weighted by Crippen LogP contribution is 2.53. The molecule has 5 rings (SSSR count). The lowest BCUT2D eigenvalue weighted by atomic mass is 9.57. The number of ketones is 2. The van der Waals surface area contributed by atoms with Crippen LogP contribution in [0.5, 0.6) is 5.75 Å². The summed E-state index contributed by atoms with van der Waals surface area (Å²) in [6.07, 6.45) is 0.862. The first kappa shape index (κ1) is 29.1. The third-order valence-corrected chi connectivity index (χ3v) is 9.27. The van der Waals surface area contributed by atoms with Crippen molar-refractivity contribution in [2.24, 2.45) is 17.6 Å². The summed E-state index contributed by atoms with van der Waals surface area (Å²) in [5.74, 6) is -7.17. The molecule has 1 saturated carbocycles. The number of fused-ring (bicyclic) bond motifs is 3. The van der Waals surface area contributed by atoms with E-state index in [9.17, 15) is 39.6 Å². The lowest BCUT2D eigenvalue weighted by Crippen LogP contribution is -2.65. The van der Waals surface area contributed by atoms with Gasteiger partial charge in [-0.25, -0.2) is 0 Å². The predicted octanol–water partition coefficient (Wildman–Crippen LogP) is 0.328. The number of likely N-dealkylation sites (tertiary alicyclic amines) is 1. The Balaban J connectivity index is 1.56. The van der Waals surface area contributed by atoms with Crippen molar-refractivity contribution in [3.8, 4) is 5.75 Å². The molecule has 0 aromatic heterocycles. The molecular formula is C28H33ClN4O8. The van der Waals surface area contributed by atoms with Crippen molar-refractivity contribution >= 4 is 40.7 Å². The number of carbonyl (C=O) groups excluding carboxylic acids is 4. The van der Waals surface area contributed by atoms with Crippen LogP contribution in [-0.4, -0.2) is 98.5 Å². The zero-order valence-corrected chi connectivity index (χ0v) is 23.7. The van der Waals surface area contributed by atoms with Gasteiger partial charge >= 0.3 is 0 Å². The van der Waals surface area contributed by atoms with Crippen LogP contribution >= 0.6 is 11.6 Å². The summed E-state index contributed by atoms with van der Waals surface area (Å²) in [7, 11) is 3.09. The third-order valence-electron chi connectivity index (χ3n) is 8.80. The Labute approximate surface area is 241 Å². The summed E-state index contributed by atoms with van der Waals surface area (Å²) >= 11 is 6.84. The molecule has 12 nitrogen and oxygen atoms in total. The van der Waals surface area contributed by atoms with E-state index in [0.29, 0.717) is 35.8 Å². The topological polar surface area (TPSA) is 194 Å². The number of carbonyl (C=O) groups is 4. The normalized spacial score (nSPS) is 29.9. The van der Waals surface area contributed by atoms with Gasteiger partial charge in [0.1, 0.15) is 22.8 Å². The van der Waals surface area contributed by atoms with E-state index in [0.717, 1.165) is 6.42 Å². The van der Waals surface area contributed by atoms with Gasteiger partial charge in [-0.2, -0.15) is 0 Å². The quantitative estimate of drug-likeness (QED) is 0.261. The Morgan fingerprint density at radius 3 is 2.54 bits per heavy atom. The zero-order valence-electron chi connectivity index (χ0n) is 22.9. The van der Waals surface area contributed by atoms with Crippen LogP contribution in [0.1, 0.15) is 36.5 Å². The van der Waals surface area contributed by atoms with Crippen molar-refractivity contribution in [1.29, 1.82) is 0 Å². The molecular weight excluding hydrogens is 556 g/mol. The monoisotopic (exact) mass is 588 g/mol. The smallest absolute Gasteiger partial charge is 0.255 e. The Kier molecular flexibility index (Phi) is 7.17. The Bertz CT molecular complexity index is 1450. The maximum atomic E-state index is 13.9. The largest absolute Gasteiger partial charge is 0.508 e. The number of amides is 2. The van der Waals surface area contributed by atoms with E-state index in [1.807, 2.05) is 0 Å². The molecule has 0 spiro atoms. The van der Waals surface area contributed by atoms with E-state index in [4.69, 9.17) is 17.3 Å². The fraction of sp³-hybridized carbons (Fsp3) is 0.500. The first-order valence-corrected chi connectivity index (χ1v) is 13.7. The number of aliphatic hydroxyl groups is 3. The average Bonchev–Trinajstić information content (AvgIpc) is 3.29. The molecule has 13 heteroatoms. The van der Waals surface area contributed by atoms with Gasteiger partial charge in [0.15, 0.2) is 11.4 Å². The van der Waals surface area contributed by atoms with Crippen LogP contribution < -0.4 is 11.1 Å². The van der Waals surface area contributed by atoms with Gasteiger partial charge in [0.25, 0.3) is 5.91 Å². The van der Waals surface area contributed by atoms with Crippen LogP contribution in [0.4, 0.5) is 0 Å². The minimum atomic E-state index is -2.69. The summed E-state index contributed by atoms with van der Waals surface area (Å²) in [5.41, 5.74) is 2.55. The molecule has 4 aliphatic rings. The molecule has 1 heterocycles. The van der Waals surface area contributed by atoms with Gasteiger partial charge in [-0.05, 0) is 56.5 Å². The van der Waals surface area contributed by atoms with Crippen LogP contribution in [0, 0.1) is 11.8 Å². The summed E-state index contributed by atoms with van der Waals surface area (Å²) in [4.78, 5) is 54.2. The lowest BCUT2D eigenvalue weighted by molar-refractivity contribution is -0.153. The number of aromatic hydroxyl groups is 1. The minimum absolute atomic E-state index is 0.00225. The molecule has 5 atom stereocenters. The number of phenolic OH excluding ortho intramolecular Hbond substituents is 1. The van der Waals surface area contributed by atoms with Crippen LogP contribution in [0.15, 0.2) is 23.0 Å². The minimum Gasteiger partial charge on any atom is -0.508 e. The van der Waals surface area contributed by atoms with E-state index < -0.39 is 58.0 Å². The summed E-state index contributed by atoms with van der Waals surface area (Å²) in [6.45, 7) is 3.15. The molecule has 41 heavy (non-hydrogen) atoms. The van der Waals surface area contributed by atoms with Crippen LogP contribution in [0.2, 0.25) is 5.02 Å². The number of primary amides is 1. The maximum Gasteiger partial charge on any atom is 0.255 e. The number of likely N-dealkylation sites (N-methyl/N-ethyl adjacent to an activating group) is 1. The number of nitrogens with two attached hydrogens (primary N) is 1. The number of hydrogen-bond donors (Lipinski definition) is 6. The van der Waals surface area contributed by atoms with Gasteiger partial charge < -0.3 is 31.5 Å². The number of phenols is 1. The molecule has 3 aliphatic carbocycles. The van der Waals surface area contributed by atoms with Crippen LogP contribution in [0.3, 0.4) is 0 Å². The summed E-state index contributed by atoms with van der Waals surface area (Å²) in [6, 6.07) is 0.260. The molecule has 0 unspecified atom stereocenters. The predicted molar refractivity (Wildman–Crippen MR) is 147 cm³/mol. The molecule has 220 valence electrons. The Hall–Kier alpha value is -3.45. The number of nitrogens with one attached hydrogen (secondary N) is 1. The van der Waals surface area contributed by atoms with E-state index in [-0.39, 0.29) is 41.7 Å². The third kappa shape index (κ3) is 4.40. The molecule has 2 amide bonds. The molecule has 1 saturated heterocycles. The Morgan fingerprint density at radius 1 is 1.24 bits per heavy atom. The van der Waals surface area contributed by atoms with Gasteiger partial charge in [0, 0.05) is 49.1 Å². The van der Waals surface area contributed by atoms with Crippen molar-refractivity contribution in [1.82, 2.24) is 15.1 Å². The van der Waals surface area contributed by atoms with Gasteiger partial charge in [-0.3, -0.25) is 29.0 Å². The van der Waals surface area contributed by atoms with Gasteiger partial charge in [-0.1, -0.05) is 11.6 Å². The highest BCUT2D eigenvalue weighted by Gasteiger charge is 2.64. The second kappa shape index (κ2) is 10.1. The second-order valence-corrected chi connectivity index (χ2v) is 12.0. The standard InChI is InChI=1S/C28H33ClN4O8/c1-11(34)31-14-4-5-33(10-14)9-13-8-17(35)19-15(21(13)29)6-12-7-16-22(32(2)3)24(37)20(27(30)40)26(39)28(16,41)25(38)18(12)23(19)36/h8,12,14,16,22,35-36,39,41H,4-7,9-10H2,1-3H3,(H2,30,40)(H,31,34)/t12-,14-,16-,22-,28-/m0/s1. The highest BCUT2D eigenvalue weighted by molar-refractivity contribution is 6.32. The summed E-state index contributed by atoms with van der Waals surface area (Å²) in [5, 5.41) is 48.1. The fourth-order valence-corrected chi connectivity index (χ4v) is 7.37. The zero-order chi connectivity index (χ0) is 30.1. The molecule has 0 radical (unpaired) electrons. The molecule has 7 N–H and O–H groups in total. The molecule has 0 bridgehead atoms. The number of Topliss-reactive ketones (excluding diaryl/α,β-unsaturated/α-hetero) is 2. The lowest BCUT2D eigenvalue weighted by Gasteiger charge is -2.50. The Morgan fingerprint density at radius 2 is 1.93 bits per heavy atom. The number of aliphatic hydroxyl groups excluding tert-OH is 2. The average molecular weight is 589 g/mol. The van der Waals surface area contributed by atoms with Crippen LogP contribution in [0.25, 0.3) is 5.76 Å². The van der Waals surface area contributed by atoms with Crippen molar-refractivity contribution in [2.45, 2.75) is 50.4 Å². The van der Waals surface area contributed by atoms with Crippen molar-refractivity contribution in [3.63, 3.8) is 0 Å². The SMILES string of the molecule is CC(=O)N[C@H]1CCN(Cc2cc(O)c3c(c2Cl)C[C@H]2C[C@H]4[C@H](N(C)C)C(=O)C(C(N)=O)=C(O)[C@@]4(O)C(=O)C2=C3O)C1. The summed E-state index contributed by atoms with van der Waals surface area (Å²) < 4.78 is 0. The maximum absolute atomic E-state index is 13.9. The molecule has 1 aliphatic heterocycles. The van der Waals surface area contributed by atoms with E-state index in [2.05, 4.69) is 10.2 Å². The van der Waals surface area contributed by atoms with Gasteiger partial charge in [0.05, 0.1) is 11.6 Å². The second-order valence-electron chi connectivity index (χ2n) is 11.6. The first-order valence-electron chi connectivity index (χ1n) is 13.4. The first-order chi connectivity index (χ1) is 19.2. The van der Waals surface area contributed by atoms with Crippen molar-refractivity contribution < 1.29 is 39.6 Å². The van der Waals surface area contributed by atoms with Crippen molar-refractivity contribution in [3.05, 3.63) is 44.7 Å². The highest BCUT2D eigenvalue weighted by atomic mass is 35.5. The number of nitrogens with zero attached hydrogens (tertiary/aromatic N) is 2. The number of benzene rings is 1. The van der Waals surface area contributed by atoms with Gasteiger partial charge in [0.2, 0.25) is 11.7 Å². The molecule has 1 aromatic rings. The molecule has 1 aromatic carbocycles. The number of halogens is 1.